The van der Waals surface area contributed by atoms with E-state index in [0.717, 1.165) is 50.8 Å². The SMILES string of the molecule is CCc1cc(CC2(C#N)CCC(C)(C)CC2)n(CC)n1. The van der Waals surface area contributed by atoms with Crippen LogP contribution in [0.5, 0.6) is 0 Å². The van der Waals surface area contributed by atoms with E-state index in [2.05, 4.69) is 49.6 Å². The summed E-state index contributed by atoms with van der Waals surface area (Å²) in [7, 11) is 0. The van der Waals surface area contributed by atoms with Gasteiger partial charge in [-0.2, -0.15) is 10.4 Å². The molecule has 3 nitrogen and oxygen atoms in total. The Hall–Kier alpha value is -1.30. The summed E-state index contributed by atoms with van der Waals surface area (Å²) in [5, 5.41) is 14.3. The van der Waals surface area contributed by atoms with Crippen LogP contribution in [0.1, 0.15) is 64.8 Å². The summed E-state index contributed by atoms with van der Waals surface area (Å²) in [5.41, 5.74) is 2.62. The molecular weight excluding hydrogens is 246 g/mol. The van der Waals surface area contributed by atoms with Crippen molar-refractivity contribution in [2.45, 2.75) is 72.8 Å². The fourth-order valence-corrected chi connectivity index (χ4v) is 3.18. The molecule has 0 spiro atoms. The van der Waals surface area contributed by atoms with Crippen LogP contribution >= 0.6 is 0 Å². The predicted octanol–water partition coefficient (Wildman–Crippen LogP) is 4.12. The third kappa shape index (κ3) is 3.06. The molecule has 0 radical (unpaired) electrons. The van der Waals surface area contributed by atoms with Gasteiger partial charge in [0.05, 0.1) is 17.2 Å². The Kier molecular flexibility index (Phi) is 4.22. The average Bonchev–Trinajstić information content (AvgIpc) is 2.83. The molecule has 1 aliphatic rings. The summed E-state index contributed by atoms with van der Waals surface area (Å²) >= 11 is 0. The second-order valence-corrected chi connectivity index (χ2v) is 7.03. The van der Waals surface area contributed by atoms with Gasteiger partial charge in [-0.25, -0.2) is 0 Å². The van der Waals surface area contributed by atoms with E-state index < -0.39 is 0 Å². The summed E-state index contributed by atoms with van der Waals surface area (Å²) in [6, 6.07) is 4.84. The Bertz CT molecular complexity index is 495. The van der Waals surface area contributed by atoms with Crippen molar-refractivity contribution in [3.8, 4) is 6.07 Å². The van der Waals surface area contributed by atoms with E-state index in [1.165, 1.54) is 5.69 Å². The van der Waals surface area contributed by atoms with E-state index >= 15 is 0 Å². The summed E-state index contributed by atoms with van der Waals surface area (Å²) in [4.78, 5) is 0. The van der Waals surface area contributed by atoms with Gasteiger partial charge in [-0.15, -0.1) is 0 Å². The quantitative estimate of drug-likeness (QED) is 0.828. The Morgan fingerprint density at radius 1 is 1.25 bits per heavy atom. The molecule has 0 N–H and O–H groups in total. The lowest BCUT2D eigenvalue weighted by Crippen LogP contribution is -2.32. The maximum atomic E-state index is 9.72. The van der Waals surface area contributed by atoms with E-state index in [0.29, 0.717) is 5.41 Å². The molecule has 1 aliphatic carbocycles. The molecule has 1 saturated carbocycles. The molecule has 3 heteroatoms. The highest BCUT2D eigenvalue weighted by Gasteiger charge is 2.39. The molecule has 2 rings (SSSR count). The fraction of sp³-hybridized carbons (Fsp3) is 0.765. The number of hydrogen-bond acceptors (Lipinski definition) is 2. The normalized spacial score (nSPS) is 20.6. The zero-order valence-corrected chi connectivity index (χ0v) is 13.4. The Morgan fingerprint density at radius 2 is 1.90 bits per heavy atom. The topological polar surface area (TPSA) is 41.6 Å². The van der Waals surface area contributed by atoms with Gasteiger partial charge in [0, 0.05) is 18.7 Å². The molecule has 1 aromatic rings. The van der Waals surface area contributed by atoms with Crippen LogP contribution in [-0.2, 0) is 19.4 Å². The summed E-state index contributed by atoms with van der Waals surface area (Å²) in [6.07, 6.45) is 6.18. The average molecular weight is 273 g/mol. The molecule has 0 unspecified atom stereocenters. The van der Waals surface area contributed by atoms with Gasteiger partial charge in [-0.05, 0) is 50.5 Å². The van der Waals surface area contributed by atoms with E-state index in [9.17, 15) is 5.26 Å². The van der Waals surface area contributed by atoms with Gasteiger partial charge in [0.25, 0.3) is 0 Å². The lowest BCUT2D eigenvalue weighted by atomic mass is 9.64. The summed E-state index contributed by atoms with van der Waals surface area (Å²) in [6.45, 7) is 9.79. The highest BCUT2D eigenvalue weighted by molar-refractivity contribution is 5.17. The maximum Gasteiger partial charge on any atom is 0.0693 e. The van der Waals surface area contributed by atoms with Gasteiger partial charge in [-0.1, -0.05) is 20.8 Å². The summed E-state index contributed by atoms with van der Waals surface area (Å²) in [5.74, 6) is 0. The number of nitrogens with zero attached hydrogens (tertiary/aromatic N) is 3. The van der Waals surface area contributed by atoms with Crippen LogP contribution in [0, 0.1) is 22.2 Å². The number of nitriles is 1. The lowest BCUT2D eigenvalue weighted by molar-refractivity contribution is 0.144. The monoisotopic (exact) mass is 273 g/mol. The van der Waals surface area contributed by atoms with Gasteiger partial charge in [0.15, 0.2) is 0 Å². The van der Waals surface area contributed by atoms with Crippen molar-refractivity contribution in [3.05, 3.63) is 17.5 Å². The van der Waals surface area contributed by atoms with Crippen molar-refractivity contribution >= 4 is 0 Å². The third-order valence-electron chi connectivity index (χ3n) is 4.89. The maximum absolute atomic E-state index is 9.72. The van der Waals surface area contributed by atoms with Crippen molar-refractivity contribution < 1.29 is 0 Å². The predicted molar refractivity (Wildman–Crippen MR) is 81.3 cm³/mol. The van der Waals surface area contributed by atoms with Crippen molar-refractivity contribution in [1.82, 2.24) is 9.78 Å². The van der Waals surface area contributed by atoms with Crippen molar-refractivity contribution in [1.29, 1.82) is 5.26 Å². The molecule has 20 heavy (non-hydrogen) atoms. The van der Waals surface area contributed by atoms with E-state index in [1.807, 2.05) is 0 Å². The third-order valence-corrected chi connectivity index (χ3v) is 4.89. The fourth-order valence-electron chi connectivity index (χ4n) is 3.18. The second kappa shape index (κ2) is 5.60. The van der Waals surface area contributed by atoms with Gasteiger partial charge in [0.2, 0.25) is 0 Å². The number of hydrogen-bond donors (Lipinski definition) is 0. The van der Waals surface area contributed by atoms with E-state index in [1.54, 1.807) is 0 Å². The molecule has 0 amide bonds. The highest BCUT2D eigenvalue weighted by atomic mass is 15.3. The Morgan fingerprint density at radius 3 is 2.40 bits per heavy atom. The van der Waals surface area contributed by atoms with Gasteiger partial charge in [0.1, 0.15) is 0 Å². The largest absolute Gasteiger partial charge is 0.270 e. The smallest absolute Gasteiger partial charge is 0.0693 e. The van der Waals surface area contributed by atoms with Crippen LogP contribution in [-0.4, -0.2) is 9.78 Å². The van der Waals surface area contributed by atoms with Crippen LogP contribution < -0.4 is 0 Å². The van der Waals surface area contributed by atoms with Crippen LogP contribution in [0.3, 0.4) is 0 Å². The van der Waals surface area contributed by atoms with E-state index in [-0.39, 0.29) is 5.41 Å². The molecule has 1 aromatic heterocycles. The zero-order valence-electron chi connectivity index (χ0n) is 13.4. The highest BCUT2D eigenvalue weighted by Crippen LogP contribution is 2.46. The van der Waals surface area contributed by atoms with Gasteiger partial charge in [-0.3, -0.25) is 4.68 Å². The lowest BCUT2D eigenvalue weighted by Gasteiger charge is -2.39. The van der Waals surface area contributed by atoms with Crippen molar-refractivity contribution in [3.63, 3.8) is 0 Å². The minimum absolute atomic E-state index is 0.173. The zero-order chi connectivity index (χ0) is 14.8. The molecule has 1 fully saturated rings. The van der Waals surface area contributed by atoms with Crippen LogP contribution in [0.4, 0.5) is 0 Å². The molecule has 1 heterocycles. The molecule has 0 atom stereocenters. The first-order valence-corrected chi connectivity index (χ1v) is 7.90. The molecule has 110 valence electrons. The van der Waals surface area contributed by atoms with Crippen molar-refractivity contribution in [2.75, 3.05) is 0 Å². The molecule has 0 aliphatic heterocycles. The van der Waals surface area contributed by atoms with Crippen molar-refractivity contribution in [2.24, 2.45) is 10.8 Å². The molecule has 0 saturated heterocycles. The first-order chi connectivity index (χ1) is 9.43. The molecule has 0 bridgehead atoms. The minimum atomic E-state index is -0.173. The first kappa shape index (κ1) is 15.1. The van der Waals surface area contributed by atoms with Gasteiger partial charge >= 0.3 is 0 Å². The first-order valence-electron chi connectivity index (χ1n) is 7.90. The molecule has 0 aromatic carbocycles. The number of rotatable bonds is 4. The van der Waals surface area contributed by atoms with Crippen LogP contribution in [0.15, 0.2) is 6.07 Å². The number of aryl methyl sites for hydroxylation is 2. The van der Waals surface area contributed by atoms with Gasteiger partial charge < -0.3 is 0 Å². The molecular formula is C17H27N3. The summed E-state index contributed by atoms with van der Waals surface area (Å²) < 4.78 is 2.08. The standard InChI is InChI=1S/C17H27N3/c1-5-14-11-15(20(6-2)19-14)12-17(13-18)9-7-16(3,4)8-10-17/h11H,5-10,12H2,1-4H3. The Labute approximate surface area is 123 Å². The van der Waals surface area contributed by atoms with Crippen LogP contribution in [0.2, 0.25) is 0 Å². The number of aromatic nitrogens is 2. The minimum Gasteiger partial charge on any atom is -0.270 e. The Balaban J connectivity index is 2.19. The van der Waals surface area contributed by atoms with Crippen LogP contribution in [0.25, 0.3) is 0 Å². The second-order valence-electron chi connectivity index (χ2n) is 7.03. The van der Waals surface area contributed by atoms with E-state index in [4.69, 9.17) is 0 Å².